The summed E-state index contributed by atoms with van der Waals surface area (Å²) in [4.78, 5) is 38.1. The Labute approximate surface area is 163 Å². The third-order valence-electron chi connectivity index (χ3n) is 4.75. The Hall–Kier alpha value is -3.16. The fourth-order valence-electron chi connectivity index (χ4n) is 3.08. The molecule has 8 heteroatoms. The summed E-state index contributed by atoms with van der Waals surface area (Å²) >= 11 is 0. The number of hydrogen-bond acceptors (Lipinski definition) is 5. The van der Waals surface area contributed by atoms with Crippen molar-refractivity contribution in [2.75, 3.05) is 18.5 Å². The Bertz CT molecular complexity index is 967. The number of aromatic nitrogens is 2. The summed E-state index contributed by atoms with van der Waals surface area (Å²) < 4.78 is 6.17. The molecule has 0 bridgehead atoms. The first-order valence-electron chi connectivity index (χ1n) is 9.26. The minimum absolute atomic E-state index is 0.166. The van der Waals surface area contributed by atoms with Gasteiger partial charge in [-0.15, -0.1) is 0 Å². The number of benzene rings is 1. The molecule has 2 amide bonds. The molecule has 148 valence electrons. The second-order valence-electron chi connectivity index (χ2n) is 6.83. The zero-order valence-electron chi connectivity index (χ0n) is 16.3. The van der Waals surface area contributed by atoms with Gasteiger partial charge in [0, 0.05) is 30.3 Å². The van der Waals surface area contributed by atoms with Crippen molar-refractivity contribution >= 4 is 17.7 Å². The number of anilines is 1. The maximum absolute atomic E-state index is 12.4. The summed E-state index contributed by atoms with van der Waals surface area (Å²) in [5.41, 5.74) is 3.94. The van der Waals surface area contributed by atoms with Gasteiger partial charge >= 0.3 is 6.09 Å². The lowest BCUT2D eigenvalue weighted by molar-refractivity contribution is -0.117. The SMILES string of the molecule is CCOC(=O)N1CCc2nn(CC(=O)Nc3ccc(C)c(C)c3)c(=O)cc2C1. The first-order valence-corrected chi connectivity index (χ1v) is 9.26. The van der Waals surface area contributed by atoms with Crippen LogP contribution >= 0.6 is 0 Å². The van der Waals surface area contributed by atoms with E-state index in [2.05, 4.69) is 10.4 Å². The minimum Gasteiger partial charge on any atom is -0.450 e. The van der Waals surface area contributed by atoms with Gasteiger partial charge < -0.3 is 15.0 Å². The number of fused-ring (bicyclic) bond motifs is 1. The Balaban J connectivity index is 1.70. The van der Waals surface area contributed by atoms with E-state index in [1.807, 2.05) is 32.0 Å². The summed E-state index contributed by atoms with van der Waals surface area (Å²) in [6.07, 6.45) is 0.109. The molecule has 0 aliphatic carbocycles. The molecular weight excluding hydrogens is 360 g/mol. The summed E-state index contributed by atoms with van der Waals surface area (Å²) in [5, 5.41) is 7.12. The van der Waals surface area contributed by atoms with E-state index in [4.69, 9.17) is 4.74 Å². The third kappa shape index (κ3) is 4.39. The second-order valence-corrected chi connectivity index (χ2v) is 6.83. The Morgan fingerprint density at radius 3 is 2.71 bits per heavy atom. The van der Waals surface area contributed by atoms with Crippen LogP contribution < -0.4 is 10.9 Å². The van der Waals surface area contributed by atoms with Crippen LogP contribution in [0.4, 0.5) is 10.5 Å². The van der Waals surface area contributed by atoms with E-state index in [9.17, 15) is 14.4 Å². The van der Waals surface area contributed by atoms with Crippen LogP contribution in [0.5, 0.6) is 0 Å². The van der Waals surface area contributed by atoms with Crippen molar-refractivity contribution in [1.29, 1.82) is 0 Å². The number of ether oxygens (including phenoxy) is 1. The quantitative estimate of drug-likeness (QED) is 0.870. The topological polar surface area (TPSA) is 93.5 Å². The fraction of sp³-hybridized carbons (Fsp3) is 0.400. The molecule has 1 aromatic heterocycles. The molecule has 0 atom stereocenters. The summed E-state index contributed by atoms with van der Waals surface area (Å²) in [5.74, 6) is -0.318. The Morgan fingerprint density at radius 1 is 1.21 bits per heavy atom. The van der Waals surface area contributed by atoms with E-state index < -0.39 is 6.09 Å². The van der Waals surface area contributed by atoms with Crippen LogP contribution in [0.2, 0.25) is 0 Å². The number of carbonyl (C=O) groups excluding carboxylic acids is 2. The molecule has 1 aliphatic rings. The molecule has 0 unspecified atom stereocenters. The molecule has 3 rings (SSSR count). The average Bonchev–Trinajstić information content (AvgIpc) is 2.65. The molecule has 1 aliphatic heterocycles. The second kappa shape index (κ2) is 8.24. The Kier molecular flexibility index (Phi) is 5.77. The van der Waals surface area contributed by atoms with Crippen molar-refractivity contribution in [3.63, 3.8) is 0 Å². The van der Waals surface area contributed by atoms with Crippen LogP contribution in [0, 0.1) is 13.8 Å². The number of amides is 2. The number of rotatable bonds is 4. The van der Waals surface area contributed by atoms with E-state index in [0.717, 1.165) is 21.5 Å². The van der Waals surface area contributed by atoms with Crippen molar-refractivity contribution in [2.24, 2.45) is 0 Å². The van der Waals surface area contributed by atoms with Gasteiger partial charge in [-0.05, 0) is 44.0 Å². The van der Waals surface area contributed by atoms with Crippen LogP contribution in [0.3, 0.4) is 0 Å². The van der Waals surface area contributed by atoms with Crippen LogP contribution in [0.25, 0.3) is 0 Å². The first kappa shape index (κ1) is 19.6. The monoisotopic (exact) mass is 384 g/mol. The smallest absolute Gasteiger partial charge is 0.410 e. The van der Waals surface area contributed by atoms with Gasteiger partial charge in [0.05, 0.1) is 18.8 Å². The third-order valence-corrected chi connectivity index (χ3v) is 4.75. The Morgan fingerprint density at radius 2 is 2.00 bits per heavy atom. The number of aryl methyl sites for hydroxylation is 2. The van der Waals surface area contributed by atoms with Gasteiger partial charge in [0.2, 0.25) is 5.91 Å². The highest BCUT2D eigenvalue weighted by Gasteiger charge is 2.24. The van der Waals surface area contributed by atoms with Crippen LogP contribution in [0.15, 0.2) is 29.1 Å². The maximum Gasteiger partial charge on any atom is 0.410 e. The van der Waals surface area contributed by atoms with E-state index in [1.165, 1.54) is 6.07 Å². The summed E-state index contributed by atoms with van der Waals surface area (Å²) in [7, 11) is 0. The van der Waals surface area contributed by atoms with E-state index in [1.54, 1.807) is 11.8 Å². The van der Waals surface area contributed by atoms with Crippen LogP contribution in [-0.4, -0.2) is 39.8 Å². The predicted octanol–water partition coefficient (Wildman–Crippen LogP) is 2.01. The average molecular weight is 384 g/mol. The zero-order chi connectivity index (χ0) is 20.3. The molecule has 1 aromatic carbocycles. The first-order chi connectivity index (χ1) is 13.4. The fourth-order valence-corrected chi connectivity index (χ4v) is 3.08. The molecule has 0 saturated carbocycles. The van der Waals surface area contributed by atoms with E-state index in [0.29, 0.717) is 30.8 Å². The van der Waals surface area contributed by atoms with Crippen molar-refractivity contribution < 1.29 is 14.3 Å². The van der Waals surface area contributed by atoms with Crippen molar-refractivity contribution in [3.05, 3.63) is 57.0 Å². The molecule has 28 heavy (non-hydrogen) atoms. The van der Waals surface area contributed by atoms with Crippen molar-refractivity contribution in [3.8, 4) is 0 Å². The number of nitrogens with one attached hydrogen (secondary N) is 1. The van der Waals surface area contributed by atoms with Crippen LogP contribution in [0.1, 0.15) is 29.3 Å². The summed E-state index contributed by atoms with van der Waals surface area (Å²) in [6, 6.07) is 7.09. The molecule has 2 aromatic rings. The van der Waals surface area contributed by atoms with Gasteiger partial charge in [0.15, 0.2) is 0 Å². The molecular formula is C20H24N4O4. The number of nitrogens with zero attached hydrogens (tertiary/aromatic N) is 3. The lowest BCUT2D eigenvalue weighted by Gasteiger charge is -2.27. The van der Waals surface area contributed by atoms with Gasteiger partial charge in [0.1, 0.15) is 6.54 Å². The van der Waals surface area contributed by atoms with Crippen molar-refractivity contribution in [1.82, 2.24) is 14.7 Å². The highest BCUT2D eigenvalue weighted by atomic mass is 16.6. The lowest BCUT2D eigenvalue weighted by atomic mass is 10.1. The molecule has 1 N–H and O–H groups in total. The molecule has 0 saturated heterocycles. The molecule has 2 heterocycles. The summed E-state index contributed by atoms with van der Waals surface area (Å²) in [6.45, 7) is 6.61. The van der Waals surface area contributed by atoms with Crippen LogP contribution in [-0.2, 0) is 29.0 Å². The highest BCUT2D eigenvalue weighted by Crippen LogP contribution is 2.16. The standard InChI is InChI=1S/C20H24N4O4/c1-4-28-20(27)23-8-7-17-15(11-23)10-19(26)24(22-17)12-18(25)21-16-6-5-13(2)14(3)9-16/h5-6,9-10H,4,7-8,11-12H2,1-3H3,(H,21,25). The minimum atomic E-state index is -0.398. The number of hydrogen-bond donors (Lipinski definition) is 1. The largest absolute Gasteiger partial charge is 0.450 e. The lowest BCUT2D eigenvalue weighted by Crippen LogP contribution is -2.39. The van der Waals surface area contributed by atoms with E-state index in [-0.39, 0.29) is 24.6 Å². The van der Waals surface area contributed by atoms with Gasteiger partial charge in [-0.3, -0.25) is 9.59 Å². The van der Waals surface area contributed by atoms with Gasteiger partial charge in [-0.25, -0.2) is 9.48 Å². The predicted molar refractivity (Wildman–Crippen MR) is 104 cm³/mol. The van der Waals surface area contributed by atoms with Gasteiger partial charge in [-0.2, -0.15) is 5.10 Å². The zero-order valence-corrected chi connectivity index (χ0v) is 16.3. The van der Waals surface area contributed by atoms with Gasteiger partial charge in [0.25, 0.3) is 5.56 Å². The maximum atomic E-state index is 12.4. The van der Waals surface area contributed by atoms with Crippen molar-refractivity contribution in [2.45, 2.75) is 40.3 Å². The van der Waals surface area contributed by atoms with Gasteiger partial charge in [-0.1, -0.05) is 6.07 Å². The molecule has 8 nitrogen and oxygen atoms in total. The number of carbonyl (C=O) groups is 2. The highest BCUT2D eigenvalue weighted by molar-refractivity contribution is 5.90. The molecule has 0 radical (unpaired) electrons. The molecule has 0 fully saturated rings. The normalized spacial score (nSPS) is 13.0. The molecule has 0 spiro atoms. The van der Waals surface area contributed by atoms with E-state index >= 15 is 0 Å².